The summed E-state index contributed by atoms with van der Waals surface area (Å²) < 4.78 is 15.1. The molecule has 2 aromatic rings. The van der Waals surface area contributed by atoms with Crippen molar-refractivity contribution in [3.8, 4) is 5.69 Å². The van der Waals surface area contributed by atoms with Gasteiger partial charge in [-0.25, -0.2) is 19.9 Å². The van der Waals surface area contributed by atoms with E-state index < -0.39 is 5.82 Å². The molecule has 2 heterocycles. The van der Waals surface area contributed by atoms with Gasteiger partial charge in [-0.2, -0.15) is 16.2 Å². The molecule has 0 aliphatic carbocycles. The summed E-state index contributed by atoms with van der Waals surface area (Å²) in [6.07, 6.45) is 1.44. The highest BCUT2D eigenvalue weighted by molar-refractivity contribution is 5.92. The van der Waals surface area contributed by atoms with Gasteiger partial charge in [0.15, 0.2) is 5.69 Å². The van der Waals surface area contributed by atoms with E-state index >= 15 is 0 Å². The van der Waals surface area contributed by atoms with Crippen molar-refractivity contribution in [1.29, 1.82) is 0 Å². The lowest BCUT2D eigenvalue weighted by Gasteiger charge is -2.19. The molecule has 1 aromatic heterocycles. The van der Waals surface area contributed by atoms with Crippen molar-refractivity contribution in [1.82, 2.24) is 36.6 Å². The maximum atomic E-state index is 13.7. The molecule has 1 aliphatic heterocycles. The average molecular weight is 305 g/mol. The van der Waals surface area contributed by atoms with Crippen LogP contribution in [0.4, 0.5) is 4.39 Å². The molecule has 0 radical (unpaired) electrons. The Morgan fingerprint density at radius 3 is 2.77 bits per heavy atom. The monoisotopic (exact) mass is 305 g/mol. The third-order valence-electron chi connectivity index (χ3n) is 3.27. The van der Waals surface area contributed by atoms with Crippen molar-refractivity contribution in [3.63, 3.8) is 0 Å². The molecule has 1 aliphatic rings. The molecule has 116 valence electrons. The Morgan fingerprint density at radius 2 is 2.05 bits per heavy atom. The zero-order valence-corrected chi connectivity index (χ0v) is 11.9. The highest BCUT2D eigenvalue weighted by atomic mass is 19.1. The number of likely N-dealkylation sites (N-methyl/N-ethyl adjacent to an activating group) is 1. The number of carbonyl (C=O) groups is 1. The van der Waals surface area contributed by atoms with Crippen LogP contribution in [0.15, 0.2) is 36.5 Å². The number of aromatic nitrogens is 2. The summed E-state index contributed by atoms with van der Waals surface area (Å²) in [5.41, 5.74) is 11.7. The van der Waals surface area contributed by atoms with Gasteiger partial charge in [0.1, 0.15) is 17.7 Å². The molecule has 1 saturated heterocycles. The van der Waals surface area contributed by atoms with Gasteiger partial charge in [0.05, 0.1) is 6.54 Å². The Balaban J connectivity index is 1.72. The SMILES string of the molecule is CN(CC1NNNN1)C(=O)c1ccn(-c2ccccc2F)n1. The highest BCUT2D eigenvalue weighted by Gasteiger charge is 2.21. The van der Waals surface area contributed by atoms with Crippen LogP contribution >= 0.6 is 0 Å². The van der Waals surface area contributed by atoms with E-state index in [0.29, 0.717) is 12.2 Å². The molecule has 0 saturated carbocycles. The summed E-state index contributed by atoms with van der Waals surface area (Å²) in [5, 5.41) is 4.15. The molecule has 1 amide bonds. The third kappa shape index (κ3) is 2.97. The predicted molar refractivity (Wildman–Crippen MR) is 76.8 cm³/mol. The minimum absolute atomic E-state index is 0.123. The lowest BCUT2D eigenvalue weighted by atomic mass is 10.3. The van der Waals surface area contributed by atoms with Gasteiger partial charge in [0.25, 0.3) is 5.91 Å². The third-order valence-corrected chi connectivity index (χ3v) is 3.27. The van der Waals surface area contributed by atoms with E-state index in [1.807, 2.05) is 0 Å². The minimum atomic E-state index is -0.394. The Labute approximate surface area is 126 Å². The van der Waals surface area contributed by atoms with Gasteiger partial charge >= 0.3 is 0 Å². The van der Waals surface area contributed by atoms with Crippen LogP contribution in [0.5, 0.6) is 0 Å². The fraction of sp³-hybridized carbons (Fsp3) is 0.231. The number of hydrogen-bond acceptors (Lipinski definition) is 6. The molecule has 1 fully saturated rings. The van der Waals surface area contributed by atoms with Crippen molar-refractivity contribution in [2.75, 3.05) is 13.6 Å². The fourth-order valence-electron chi connectivity index (χ4n) is 2.14. The summed E-state index contributed by atoms with van der Waals surface area (Å²) >= 11 is 0. The number of benzene rings is 1. The largest absolute Gasteiger partial charge is 0.337 e. The van der Waals surface area contributed by atoms with Gasteiger partial charge < -0.3 is 4.90 Å². The number of nitrogens with zero attached hydrogens (tertiary/aromatic N) is 3. The predicted octanol–water partition coefficient (Wildman–Crippen LogP) is -0.473. The van der Waals surface area contributed by atoms with Gasteiger partial charge in [-0.05, 0) is 18.2 Å². The van der Waals surface area contributed by atoms with Gasteiger partial charge in [-0.1, -0.05) is 12.1 Å². The van der Waals surface area contributed by atoms with Crippen LogP contribution < -0.4 is 21.9 Å². The molecule has 0 unspecified atom stereocenters. The van der Waals surface area contributed by atoms with E-state index in [0.717, 1.165) is 0 Å². The summed E-state index contributed by atoms with van der Waals surface area (Å²) in [5.74, 6) is -0.639. The van der Waals surface area contributed by atoms with Crippen LogP contribution in [-0.2, 0) is 0 Å². The van der Waals surface area contributed by atoms with Gasteiger partial charge in [-0.15, -0.1) is 0 Å². The second-order valence-corrected chi connectivity index (χ2v) is 4.87. The lowest BCUT2D eigenvalue weighted by molar-refractivity contribution is 0.0772. The normalized spacial score (nSPS) is 15.2. The van der Waals surface area contributed by atoms with Crippen LogP contribution in [0.3, 0.4) is 0 Å². The zero-order valence-electron chi connectivity index (χ0n) is 11.9. The van der Waals surface area contributed by atoms with Crippen molar-refractivity contribution >= 4 is 5.91 Å². The first-order valence-corrected chi connectivity index (χ1v) is 6.72. The summed E-state index contributed by atoms with van der Waals surface area (Å²) in [6.45, 7) is 0.422. The summed E-state index contributed by atoms with van der Waals surface area (Å²) in [7, 11) is 1.67. The fourth-order valence-corrected chi connectivity index (χ4v) is 2.14. The Hall–Kier alpha value is -2.33. The first-order chi connectivity index (χ1) is 10.6. The minimum Gasteiger partial charge on any atom is -0.337 e. The van der Waals surface area contributed by atoms with Gasteiger partial charge in [0.2, 0.25) is 0 Å². The standard InChI is InChI=1S/C13H16FN7O/c1-20(8-12-15-18-19-16-12)13(22)10-6-7-21(17-10)11-5-3-2-4-9(11)14/h2-7,12,15-16,18-19H,8H2,1H3. The maximum Gasteiger partial charge on any atom is 0.274 e. The summed E-state index contributed by atoms with van der Waals surface area (Å²) in [6, 6.07) is 7.83. The van der Waals surface area contributed by atoms with Crippen LogP contribution in [0.2, 0.25) is 0 Å². The highest BCUT2D eigenvalue weighted by Crippen LogP contribution is 2.12. The second-order valence-electron chi connectivity index (χ2n) is 4.87. The van der Waals surface area contributed by atoms with E-state index in [2.05, 4.69) is 27.0 Å². The lowest BCUT2D eigenvalue weighted by Crippen LogP contribution is -2.45. The molecule has 3 rings (SSSR count). The molecular weight excluding hydrogens is 289 g/mol. The van der Waals surface area contributed by atoms with E-state index in [4.69, 9.17) is 0 Å². The number of nitrogens with one attached hydrogen (secondary N) is 4. The number of carbonyl (C=O) groups excluding carboxylic acids is 1. The molecule has 0 bridgehead atoms. The van der Waals surface area contributed by atoms with Crippen molar-refractivity contribution < 1.29 is 9.18 Å². The van der Waals surface area contributed by atoms with Crippen LogP contribution in [0.1, 0.15) is 10.5 Å². The molecule has 9 heteroatoms. The Kier molecular flexibility index (Phi) is 4.11. The number of rotatable bonds is 4. The molecule has 0 atom stereocenters. The quantitative estimate of drug-likeness (QED) is 0.611. The van der Waals surface area contributed by atoms with Crippen molar-refractivity contribution in [2.45, 2.75) is 6.17 Å². The average Bonchev–Trinajstić information content (AvgIpc) is 3.18. The molecular formula is C13H16FN7O. The van der Waals surface area contributed by atoms with E-state index in [1.165, 1.54) is 15.6 Å². The topological polar surface area (TPSA) is 86.3 Å². The molecule has 0 spiro atoms. The van der Waals surface area contributed by atoms with Gasteiger partial charge in [-0.3, -0.25) is 4.79 Å². The number of amides is 1. The smallest absolute Gasteiger partial charge is 0.274 e. The van der Waals surface area contributed by atoms with E-state index in [-0.39, 0.29) is 17.8 Å². The molecule has 1 aromatic carbocycles. The van der Waals surface area contributed by atoms with Crippen molar-refractivity contribution in [3.05, 3.63) is 48.0 Å². The number of hydrazine groups is 3. The first-order valence-electron chi connectivity index (χ1n) is 6.72. The summed E-state index contributed by atoms with van der Waals surface area (Å²) in [4.78, 5) is 13.8. The maximum absolute atomic E-state index is 13.7. The molecule has 8 nitrogen and oxygen atoms in total. The van der Waals surface area contributed by atoms with Crippen molar-refractivity contribution in [2.24, 2.45) is 0 Å². The number of para-hydroxylation sites is 1. The Morgan fingerprint density at radius 1 is 1.32 bits per heavy atom. The van der Waals surface area contributed by atoms with E-state index in [1.54, 1.807) is 37.5 Å². The Bertz CT molecular complexity index is 668. The molecule has 4 N–H and O–H groups in total. The second kappa shape index (κ2) is 6.20. The zero-order chi connectivity index (χ0) is 15.5. The number of halogens is 1. The van der Waals surface area contributed by atoms with Crippen LogP contribution in [0.25, 0.3) is 5.69 Å². The van der Waals surface area contributed by atoms with Gasteiger partial charge in [0, 0.05) is 13.2 Å². The molecule has 22 heavy (non-hydrogen) atoms. The van der Waals surface area contributed by atoms with E-state index in [9.17, 15) is 9.18 Å². The van der Waals surface area contributed by atoms with Crippen LogP contribution in [0, 0.1) is 5.82 Å². The first kappa shape index (κ1) is 14.6. The number of hydrogen-bond donors (Lipinski definition) is 4. The van der Waals surface area contributed by atoms with Crippen LogP contribution in [-0.4, -0.2) is 40.3 Å².